The molecule has 1 unspecified atom stereocenters. The lowest BCUT2D eigenvalue weighted by Crippen LogP contribution is -2.27. The Morgan fingerprint density at radius 2 is 1.81 bits per heavy atom. The molecule has 1 amide bonds. The van der Waals surface area contributed by atoms with Gasteiger partial charge >= 0.3 is 0 Å². The van der Waals surface area contributed by atoms with Gasteiger partial charge in [0, 0.05) is 10.7 Å². The summed E-state index contributed by atoms with van der Waals surface area (Å²) in [5, 5.41) is 4.09. The van der Waals surface area contributed by atoms with Gasteiger partial charge in [0.1, 0.15) is 0 Å². The maximum Gasteiger partial charge on any atom is 0.266 e. The summed E-state index contributed by atoms with van der Waals surface area (Å²) in [7, 11) is 0. The number of benzene rings is 3. The monoisotopic (exact) mass is 463 g/mol. The second kappa shape index (κ2) is 9.59. The van der Waals surface area contributed by atoms with Crippen LogP contribution in [0.2, 0.25) is 5.02 Å². The first kappa shape index (κ1) is 22.1. The van der Waals surface area contributed by atoms with E-state index in [9.17, 15) is 9.59 Å². The van der Waals surface area contributed by atoms with Gasteiger partial charge in [-0.2, -0.15) is 0 Å². The van der Waals surface area contributed by atoms with Gasteiger partial charge < -0.3 is 5.32 Å². The number of rotatable bonds is 6. The molecule has 0 aliphatic carbocycles. The van der Waals surface area contributed by atoms with Crippen LogP contribution in [0, 0.1) is 6.92 Å². The summed E-state index contributed by atoms with van der Waals surface area (Å²) in [4.78, 5) is 31.1. The fourth-order valence-corrected chi connectivity index (χ4v) is 4.55. The van der Waals surface area contributed by atoms with Crippen molar-refractivity contribution in [2.75, 3.05) is 5.32 Å². The molecule has 0 fully saturated rings. The zero-order valence-corrected chi connectivity index (χ0v) is 19.3. The SMILES string of the molecule is CCC(Sc1nc2ccccc2c(=O)n1-c1ccccc1)C(=O)Nc1ccc(C)c(Cl)c1. The molecule has 162 valence electrons. The van der Waals surface area contributed by atoms with Gasteiger partial charge in [0.25, 0.3) is 5.56 Å². The minimum atomic E-state index is -0.446. The Kier molecular flexibility index (Phi) is 6.63. The molecule has 0 aliphatic heterocycles. The molecule has 5 nitrogen and oxygen atoms in total. The summed E-state index contributed by atoms with van der Waals surface area (Å²) in [5.74, 6) is -0.167. The highest BCUT2D eigenvalue weighted by atomic mass is 35.5. The standard InChI is InChI=1S/C25H22ClN3O2S/c1-3-22(23(30)27-17-14-13-16(2)20(26)15-17)32-25-28-21-12-8-7-11-19(21)24(31)29(25)18-9-5-4-6-10-18/h4-15,22H,3H2,1-2H3,(H,27,30). The number of aromatic nitrogens is 2. The molecule has 0 saturated carbocycles. The number of hydrogen-bond acceptors (Lipinski definition) is 4. The third kappa shape index (κ3) is 4.56. The lowest BCUT2D eigenvalue weighted by atomic mass is 10.2. The third-order valence-electron chi connectivity index (χ3n) is 5.11. The molecule has 0 spiro atoms. The molecule has 0 radical (unpaired) electrons. The summed E-state index contributed by atoms with van der Waals surface area (Å²) in [6.45, 7) is 3.85. The molecule has 4 aromatic rings. The Bertz CT molecular complexity index is 1340. The van der Waals surface area contributed by atoms with E-state index < -0.39 is 5.25 Å². The lowest BCUT2D eigenvalue weighted by molar-refractivity contribution is -0.115. The zero-order valence-electron chi connectivity index (χ0n) is 17.7. The molecule has 1 N–H and O–H groups in total. The Hall–Kier alpha value is -3.09. The van der Waals surface area contributed by atoms with Crippen LogP contribution in [0.1, 0.15) is 18.9 Å². The van der Waals surface area contributed by atoms with Crippen molar-refractivity contribution in [3.63, 3.8) is 0 Å². The van der Waals surface area contributed by atoms with Crippen molar-refractivity contribution >= 4 is 45.9 Å². The maximum atomic E-state index is 13.3. The second-order valence-corrected chi connectivity index (χ2v) is 8.93. The number of thioether (sulfide) groups is 1. The topological polar surface area (TPSA) is 64.0 Å². The summed E-state index contributed by atoms with van der Waals surface area (Å²) in [5.41, 5.74) is 2.73. The van der Waals surface area contributed by atoms with E-state index in [1.165, 1.54) is 11.8 Å². The minimum absolute atomic E-state index is 0.162. The van der Waals surface area contributed by atoms with Crippen LogP contribution in [-0.2, 0) is 4.79 Å². The predicted octanol–water partition coefficient (Wildman–Crippen LogP) is 5.86. The number of fused-ring (bicyclic) bond motifs is 1. The van der Waals surface area contributed by atoms with E-state index in [2.05, 4.69) is 5.32 Å². The van der Waals surface area contributed by atoms with E-state index in [-0.39, 0.29) is 11.5 Å². The van der Waals surface area contributed by atoms with Crippen LogP contribution in [0.5, 0.6) is 0 Å². The number of carbonyl (C=O) groups excluding carboxylic acids is 1. The van der Waals surface area contributed by atoms with E-state index in [1.54, 1.807) is 16.7 Å². The molecule has 1 atom stereocenters. The van der Waals surface area contributed by atoms with Crippen molar-refractivity contribution in [3.8, 4) is 5.69 Å². The lowest BCUT2D eigenvalue weighted by Gasteiger charge is -2.18. The smallest absolute Gasteiger partial charge is 0.266 e. The Morgan fingerprint density at radius 1 is 1.09 bits per heavy atom. The molecule has 32 heavy (non-hydrogen) atoms. The van der Waals surface area contributed by atoms with E-state index in [1.807, 2.05) is 74.5 Å². The van der Waals surface area contributed by atoms with Crippen LogP contribution in [0.4, 0.5) is 5.69 Å². The first-order valence-electron chi connectivity index (χ1n) is 10.3. The third-order valence-corrected chi connectivity index (χ3v) is 6.83. The average molecular weight is 464 g/mol. The molecule has 1 aromatic heterocycles. The average Bonchev–Trinajstić information content (AvgIpc) is 2.80. The minimum Gasteiger partial charge on any atom is -0.325 e. The van der Waals surface area contributed by atoms with E-state index in [4.69, 9.17) is 16.6 Å². The van der Waals surface area contributed by atoms with Crippen LogP contribution in [0.25, 0.3) is 16.6 Å². The second-order valence-electron chi connectivity index (χ2n) is 7.36. The molecule has 1 heterocycles. The van der Waals surface area contributed by atoms with Crippen molar-refractivity contribution in [2.24, 2.45) is 0 Å². The summed E-state index contributed by atoms with van der Waals surface area (Å²) in [6.07, 6.45) is 0.563. The molecule has 0 saturated heterocycles. The van der Waals surface area contributed by atoms with E-state index in [0.717, 1.165) is 5.56 Å². The van der Waals surface area contributed by atoms with Crippen LogP contribution >= 0.6 is 23.4 Å². The van der Waals surface area contributed by atoms with Gasteiger partial charge in [0.15, 0.2) is 5.16 Å². The molecular weight excluding hydrogens is 442 g/mol. The van der Waals surface area contributed by atoms with Crippen molar-refractivity contribution in [3.05, 3.63) is 93.7 Å². The predicted molar refractivity (Wildman–Crippen MR) is 132 cm³/mol. The number of anilines is 1. The van der Waals surface area contributed by atoms with Gasteiger partial charge in [-0.25, -0.2) is 4.98 Å². The summed E-state index contributed by atoms with van der Waals surface area (Å²) < 4.78 is 1.58. The highest BCUT2D eigenvalue weighted by Crippen LogP contribution is 2.28. The van der Waals surface area contributed by atoms with Crippen LogP contribution in [-0.4, -0.2) is 20.7 Å². The number of para-hydroxylation sites is 2. The van der Waals surface area contributed by atoms with Gasteiger partial charge in [-0.1, -0.05) is 66.7 Å². The number of hydrogen-bond donors (Lipinski definition) is 1. The highest BCUT2D eigenvalue weighted by Gasteiger charge is 2.23. The molecule has 4 rings (SSSR count). The first-order valence-corrected chi connectivity index (χ1v) is 11.5. The van der Waals surface area contributed by atoms with E-state index >= 15 is 0 Å². The fraction of sp³-hybridized carbons (Fsp3) is 0.160. The van der Waals surface area contributed by atoms with Gasteiger partial charge in [-0.15, -0.1) is 0 Å². The Labute approximate surface area is 195 Å². The molecule has 3 aromatic carbocycles. The zero-order chi connectivity index (χ0) is 22.7. The first-order chi connectivity index (χ1) is 15.5. The van der Waals surface area contributed by atoms with Gasteiger partial charge in [-0.3, -0.25) is 14.2 Å². The Morgan fingerprint density at radius 3 is 2.53 bits per heavy atom. The normalized spacial score (nSPS) is 12.0. The number of halogens is 1. The molecule has 7 heteroatoms. The van der Waals surface area contributed by atoms with E-state index in [0.29, 0.717) is 38.9 Å². The quantitative estimate of drug-likeness (QED) is 0.287. The van der Waals surface area contributed by atoms with Crippen molar-refractivity contribution < 1.29 is 4.79 Å². The molecular formula is C25H22ClN3O2S. The van der Waals surface area contributed by atoms with Crippen molar-refractivity contribution in [2.45, 2.75) is 30.7 Å². The van der Waals surface area contributed by atoms with Crippen LogP contribution < -0.4 is 10.9 Å². The van der Waals surface area contributed by atoms with Crippen LogP contribution in [0.15, 0.2) is 82.7 Å². The largest absolute Gasteiger partial charge is 0.325 e. The number of aryl methyl sites for hydroxylation is 1. The summed E-state index contributed by atoms with van der Waals surface area (Å²) in [6, 6.07) is 22.0. The number of nitrogens with zero attached hydrogens (tertiary/aromatic N) is 2. The summed E-state index contributed by atoms with van der Waals surface area (Å²) >= 11 is 7.48. The number of carbonyl (C=O) groups is 1. The van der Waals surface area contributed by atoms with Crippen molar-refractivity contribution in [1.29, 1.82) is 0 Å². The van der Waals surface area contributed by atoms with Gasteiger partial charge in [0.2, 0.25) is 5.91 Å². The van der Waals surface area contributed by atoms with Gasteiger partial charge in [-0.05, 0) is 55.3 Å². The maximum absolute atomic E-state index is 13.3. The Balaban J connectivity index is 1.72. The number of nitrogens with one attached hydrogen (secondary N) is 1. The fourth-order valence-electron chi connectivity index (χ4n) is 3.34. The highest BCUT2D eigenvalue weighted by molar-refractivity contribution is 8.00. The van der Waals surface area contributed by atoms with Crippen LogP contribution in [0.3, 0.4) is 0 Å². The number of amides is 1. The molecule has 0 aliphatic rings. The van der Waals surface area contributed by atoms with Gasteiger partial charge in [0.05, 0.1) is 21.8 Å². The van der Waals surface area contributed by atoms with Crippen molar-refractivity contribution in [1.82, 2.24) is 9.55 Å². The molecule has 0 bridgehead atoms.